The largest absolute Gasteiger partial charge is 0.452 e. The standard InChI is InChI=1S/C24H28N2O4/c1-17(22(27)26-24(29)25-20-15-9-4-10-16-20)30-23(28)21(18-11-5-2-6-12-18)19-13-7-3-8-14-19/h2-3,5-8,11-14,17,20-21H,4,9-10,15-16H2,1H3,(H2,25,26,27,29)/t17-/m0/s1. The van der Waals surface area contributed by atoms with Crippen LogP contribution >= 0.6 is 0 Å². The van der Waals surface area contributed by atoms with Crippen molar-refractivity contribution in [1.82, 2.24) is 10.6 Å². The maximum absolute atomic E-state index is 13.0. The van der Waals surface area contributed by atoms with E-state index in [1.807, 2.05) is 60.7 Å². The van der Waals surface area contributed by atoms with Crippen molar-refractivity contribution in [1.29, 1.82) is 0 Å². The highest BCUT2D eigenvalue weighted by Crippen LogP contribution is 2.26. The molecular formula is C24H28N2O4. The Balaban J connectivity index is 1.61. The van der Waals surface area contributed by atoms with Gasteiger partial charge in [0.05, 0.1) is 0 Å². The molecule has 0 spiro atoms. The molecule has 1 aliphatic rings. The number of nitrogens with one attached hydrogen (secondary N) is 2. The zero-order valence-electron chi connectivity index (χ0n) is 17.2. The summed E-state index contributed by atoms with van der Waals surface area (Å²) in [6.45, 7) is 1.47. The van der Waals surface area contributed by atoms with Crippen LogP contribution in [0.4, 0.5) is 4.79 Å². The van der Waals surface area contributed by atoms with Crippen molar-refractivity contribution < 1.29 is 19.1 Å². The van der Waals surface area contributed by atoms with Crippen LogP contribution in [0.5, 0.6) is 0 Å². The Bertz CT molecular complexity index is 809. The SMILES string of the molecule is C[C@H](OC(=O)C(c1ccccc1)c1ccccc1)C(=O)NC(=O)NC1CCCCC1. The van der Waals surface area contributed by atoms with Crippen LogP contribution in [0.25, 0.3) is 0 Å². The number of carbonyl (C=O) groups is 3. The van der Waals surface area contributed by atoms with Gasteiger partial charge in [-0.1, -0.05) is 79.9 Å². The third-order valence-corrected chi connectivity index (χ3v) is 5.34. The lowest BCUT2D eigenvalue weighted by atomic mass is 9.91. The van der Waals surface area contributed by atoms with E-state index in [-0.39, 0.29) is 6.04 Å². The summed E-state index contributed by atoms with van der Waals surface area (Å²) in [4.78, 5) is 37.4. The summed E-state index contributed by atoms with van der Waals surface area (Å²) in [7, 11) is 0. The first-order chi connectivity index (χ1) is 14.5. The third-order valence-electron chi connectivity index (χ3n) is 5.34. The minimum absolute atomic E-state index is 0.0879. The average molecular weight is 408 g/mol. The van der Waals surface area contributed by atoms with Crippen molar-refractivity contribution in [3.63, 3.8) is 0 Å². The molecule has 158 valence electrons. The molecule has 0 heterocycles. The Hall–Kier alpha value is -3.15. The fourth-order valence-electron chi connectivity index (χ4n) is 3.73. The van der Waals surface area contributed by atoms with Crippen LogP contribution in [0.15, 0.2) is 60.7 Å². The van der Waals surface area contributed by atoms with Crippen molar-refractivity contribution in [3.8, 4) is 0 Å². The third kappa shape index (κ3) is 5.92. The molecule has 0 radical (unpaired) electrons. The maximum Gasteiger partial charge on any atom is 0.321 e. The van der Waals surface area contributed by atoms with Crippen LogP contribution in [0, 0.1) is 0 Å². The molecule has 6 nitrogen and oxygen atoms in total. The Morgan fingerprint density at radius 3 is 1.93 bits per heavy atom. The van der Waals surface area contributed by atoms with Crippen molar-refractivity contribution >= 4 is 17.9 Å². The second kappa shape index (κ2) is 10.6. The lowest BCUT2D eigenvalue weighted by Gasteiger charge is -2.23. The number of hydrogen-bond donors (Lipinski definition) is 2. The van der Waals surface area contributed by atoms with Gasteiger partial charge in [0.25, 0.3) is 5.91 Å². The molecule has 6 heteroatoms. The molecule has 30 heavy (non-hydrogen) atoms. The highest BCUT2D eigenvalue weighted by Gasteiger charge is 2.28. The normalized spacial score (nSPS) is 15.3. The van der Waals surface area contributed by atoms with Crippen molar-refractivity contribution in [2.24, 2.45) is 0 Å². The molecule has 0 aromatic heterocycles. The molecule has 1 saturated carbocycles. The zero-order chi connectivity index (χ0) is 21.3. The molecule has 1 aliphatic carbocycles. The van der Waals surface area contributed by atoms with Gasteiger partial charge in [-0.05, 0) is 30.9 Å². The Kier molecular flexibility index (Phi) is 7.60. The van der Waals surface area contributed by atoms with E-state index in [4.69, 9.17) is 4.74 Å². The summed E-state index contributed by atoms with van der Waals surface area (Å²) in [5.41, 5.74) is 1.55. The summed E-state index contributed by atoms with van der Waals surface area (Å²) in [5.74, 6) is -1.84. The molecule has 2 aromatic rings. The molecular weight excluding hydrogens is 380 g/mol. The average Bonchev–Trinajstić information content (AvgIpc) is 2.76. The van der Waals surface area contributed by atoms with Crippen LogP contribution in [0.3, 0.4) is 0 Å². The number of benzene rings is 2. The highest BCUT2D eigenvalue weighted by molar-refractivity contribution is 5.97. The number of rotatable bonds is 6. The van der Waals surface area contributed by atoms with E-state index < -0.39 is 29.9 Å². The number of urea groups is 1. The molecule has 0 unspecified atom stereocenters. The fraction of sp³-hybridized carbons (Fsp3) is 0.375. The fourth-order valence-corrected chi connectivity index (χ4v) is 3.73. The number of carbonyl (C=O) groups excluding carboxylic acids is 3. The molecule has 1 atom stereocenters. The Labute approximate surface area is 177 Å². The van der Waals surface area contributed by atoms with Gasteiger partial charge in [-0.25, -0.2) is 4.79 Å². The smallest absolute Gasteiger partial charge is 0.321 e. The van der Waals surface area contributed by atoms with Crippen LogP contribution in [0.2, 0.25) is 0 Å². The lowest BCUT2D eigenvalue weighted by Crippen LogP contribution is -2.48. The number of imide groups is 1. The van der Waals surface area contributed by atoms with Gasteiger partial charge in [-0.15, -0.1) is 0 Å². The molecule has 0 aliphatic heterocycles. The molecule has 0 saturated heterocycles. The summed E-state index contributed by atoms with van der Waals surface area (Å²) in [6, 6.07) is 18.1. The Morgan fingerprint density at radius 1 is 0.867 bits per heavy atom. The minimum Gasteiger partial charge on any atom is -0.452 e. The van der Waals surface area contributed by atoms with Crippen LogP contribution < -0.4 is 10.6 Å². The quantitative estimate of drug-likeness (QED) is 0.710. The van der Waals surface area contributed by atoms with Gasteiger partial charge in [-0.3, -0.25) is 14.9 Å². The molecule has 0 bridgehead atoms. The first kappa shape index (κ1) is 21.6. The molecule has 3 rings (SSSR count). The van der Waals surface area contributed by atoms with Gasteiger partial charge in [0.1, 0.15) is 5.92 Å². The minimum atomic E-state index is -1.09. The summed E-state index contributed by atoms with van der Waals surface area (Å²) in [5, 5.41) is 5.11. The predicted octanol–water partition coefficient (Wildman–Crippen LogP) is 3.91. The highest BCUT2D eigenvalue weighted by atomic mass is 16.5. The number of ether oxygens (including phenoxy) is 1. The van der Waals surface area contributed by atoms with E-state index in [9.17, 15) is 14.4 Å². The van der Waals surface area contributed by atoms with Crippen molar-refractivity contribution in [3.05, 3.63) is 71.8 Å². The van der Waals surface area contributed by atoms with Gasteiger partial charge < -0.3 is 10.1 Å². The summed E-state index contributed by atoms with van der Waals surface area (Å²) in [6.07, 6.45) is 4.07. The van der Waals surface area contributed by atoms with E-state index in [1.165, 1.54) is 13.3 Å². The first-order valence-corrected chi connectivity index (χ1v) is 10.5. The molecule has 3 amide bonds. The predicted molar refractivity (Wildman–Crippen MR) is 114 cm³/mol. The van der Waals surface area contributed by atoms with E-state index in [0.717, 1.165) is 36.8 Å². The van der Waals surface area contributed by atoms with E-state index in [2.05, 4.69) is 10.6 Å². The second-order valence-electron chi connectivity index (χ2n) is 7.63. The van der Waals surface area contributed by atoms with Crippen LogP contribution in [-0.4, -0.2) is 30.1 Å². The number of esters is 1. The topological polar surface area (TPSA) is 84.5 Å². The van der Waals surface area contributed by atoms with E-state index >= 15 is 0 Å². The van der Waals surface area contributed by atoms with Crippen LogP contribution in [-0.2, 0) is 14.3 Å². The summed E-state index contributed by atoms with van der Waals surface area (Å²) < 4.78 is 5.44. The van der Waals surface area contributed by atoms with E-state index in [1.54, 1.807) is 0 Å². The van der Waals surface area contributed by atoms with Gasteiger partial charge in [-0.2, -0.15) is 0 Å². The zero-order valence-corrected chi connectivity index (χ0v) is 17.2. The van der Waals surface area contributed by atoms with Gasteiger partial charge >= 0.3 is 12.0 Å². The van der Waals surface area contributed by atoms with Crippen LogP contribution in [0.1, 0.15) is 56.1 Å². The lowest BCUT2D eigenvalue weighted by molar-refractivity contribution is -0.155. The summed E-state index contributed by atoms with van der Waals surface area (Å²) >= 11 is 0. The van der Waals surface area contributed by atoms with E-state index in [0.29, 0.717) is 0 Å². The number of hydrogen-bond acceptors (Lipinski definition) is 4. The van der Waals surface area contributed by atoms with Gasteiger partial charge in [0, 0.05) is 6.04 Å². The van der Waals surface area contributed by atoms with Crippen molar-refractivity contribution in [2.45, 2.75) is 57.1 Å². The number of amides is 3. The molecule has 2 aromatic carbocycles. The monoisotopic (exact) mass is 408 g/mol. The first-order valence-electron chi connectivity index (χ1n) is 10.5. The molecule has 2 N–H and O–H groups in total. The Morgan fingerprint density at radius 2 is 1.40 bits per heavy atom. The van der Waals surface area contributed by atoms with Gasteiger partial charge in [0.15, 0.2) is 6.10 Å². The second-order valence-corrected chi connectivity index (χ2v) is 7.63. The van der Waals surface area contributed by atoms with Gasteiger partial charge in [0.2, 0.25) is 0 Å². The van der Waals surface area contributed by atoms with Crippen molar-refractivity contribution in [2.75, 3.05) is 0 Å². The maximum atomic E-state index is 13.0. The molecule has 1 fully saturated rings.